The second-order valence-electron chi connectivity index (χ2n) is 5.15. The third-order valence-corrected chi connectivity index (χ3v) is 5.36. The lowest BCUT2D eigenvalue weighted by molar-refractivity contribution is 0.531. The third kappa shape index (κ3) is 2.71. The topological polar surface area (TPSA) is 17.0 Å². The van der Waals surface area contributed by atoms with Crippen molar-refractivity contribution in [1.29, 1.82) is 0 Å². The van der Waals surface area contributed by atoms with E-state index in [1.165, 1.54) is 36.2 Å². The van der Waals surface area contributed by atoms with E-state index in [1.807, 2.05) is 11.8 Å². The zero-order valence-electron chi connectivity index (χ0n) is 11.4. The molecule has 1 fully saturated rings. The fraction of sp³-hybridized carbons (Fsp3) is 0.714. The SMILES string of the molecule is CSC1CCCC1NCc1cc(C)n(C)c1C. The van der Waals surface area contributed by atoms with Crippen LogP contribution in [0.4, 0.5) is 0 Å². The Kier molecular flexibility index (Phi) is 4.21. The minimum absolute atomic E-state index is 0.713. The fourth-order valence-corrected chi connectivity index (χ4v) is 3.76. The van der Waals surface area contributed by atoms with Gasteiger partial charge in [0.25, 0.3) is 0 Å². The zero-order valence-corrected chi connectivity index (χ0v) is 12.2. The Morgan fingerprint density at radius 3 is 2.76 bits per heavy atom. The molecule has 2 rings (SSSR count). The molecule has 0 bridgehead atoms. The Balaban J connectivity index is 1.95. The number of hydrogen-bond acceptors (Lipinski definition) is 2. The summed E-state index contributed by atoms with van der Waals surface area (Å²) in [5, 5.41) is 4.57. The van der Waals surface area contributed by atoms with Crippen molar-refractivity contribution in [3.8, 4) is 0 Å². The van der Waals surface area contributed by atoms with Gasteiger partial charge in [-0.2, -0.15) is 11.8 Å². The summed E-state index contributed by atoms with van der Waals surface area (Å²) in [7, 11) is 2.15. The van der Waals surface area contributed by atoms with E-state index in [0.29, 0.717) is 6.04 Å². The van der Waals surface area contributed by atoms with E-state index >= 15 is 0 Å². The van der Waals surface area contributed by atoms with Crippen LogP contribution in [0.15, 0.2) is 6.07 Å². The minimum Gasteiger partial charge on any atom is -0.352 e. The Morgan fingerprint density at radius 1 is 1.41 bits per heavy atom. The van der Waals surface area contributed by atoms with Crippen molar-refractivity contribution in [3.05, 3.63) is 23.0 Å². The first kappa shape index (κ1) is 13.0. The first-order valence-corrected chi connectivity index (χ1v) is 7.80. The van der Waals surface area contributed by atoms with Crippen LogP contribution < -0.4 is 5.32 Å². The molecular formula is C14H24N2S. The van der Waals surface area contributed by atoms with E-state index in [0.717, 1.165) is 11.8 Å². The maximum absolute atomic E-state index is 3.75. The highest BCUT2D eigenvalue weighted by molar-refractivity contribution is 7.99. The summed E-state index contributed by atoms with van der Waals surface area (Å²) < 4.78 is 2.28. The van der Waals surface area contributed by atoms with Gasteiger partial charge in [-0.1, -0.05) is 6.42 Å². The van der Waals surface area contributed by atoms with Crippen molar-refractivity contribution >= 4 is 11.8 Å². The summed E-state index contributed by atoms with van der Waals surface area (Å²) in [5.74, 6) is 0. The lowest BCUT2D eigenvalue weighted by Crippen LogP contribution is -2.33. The van der Waals surface area contributed by atoms with Crippen molar-refractivity contribution in [3.63, 3.8) is 0 Å². The maximum Gasteiger partial charge on any atom is 0.0226 e. The van der Waals surface area contributed by atoms with E-state index in [4.69, 9.17) is 0 Å². The molecule has 2 nitrogen and oxygen atoms in total. The normalized spacial score (nSPS) is 24.5. The van der Waals surface area contributed by atoms with Gasteiger partial charge in [-0.3, -0.25) is 0 Å². The Bertz CT molecular complexity index is 384. The van der Waals surface area contributed by atoms with Crippen LogP contribution in [-0.4, -0.2) is 22.1 Å². The van der Waals surface area contributed by atoms with Gasteiger partial charge in [0.1, 0.15) is 0 Å². The number of aryl methyl sites for hydroxylation is 1. The van der Waals surface area contributed by atoms with Gasteiger partial charge in [-0.25, -0.2) is 0 Å². The molecule has 1 aliphatic carbocycles. The molecule has 1 heterocycles. The van der Waals surface area contributed by atoms with E-state index < -0.39 is 0 Å². The first-order valence-electron chi connectivity index (χ1n) is 6.51. The highest BCUT2D eigenvalue weighted by Gasteiger charge is 2.25. The van der Waals surface area contributed by atoms with Crippen LogP contribution in [0.1, 0.15) is 36.2 Å². The fourth-order valence-electron chi connectivity index (χ4n) is 2.80. The summed E-state index contributed by atoms with van der Waals surface area (Å²) in [4.78, 5) is 0. The number of nitrogens with one attached hydrogen (secondary N) is 1. The molecule has 1 aliphatic rings. The number of hydrogen-bond donors (Lipinski definition) is 1. The number of rotatable bonds is 4. The van der Waals surface area contributed by atoms with Crippen LogP contribution in [0.5, 0.6) is 0 Å². The molecule has 0 amide bonds. The quantitative estimate of drug-likeness (QED) is 0.887. The van der Waals surface area contributed by atoms with Gasteiger partial charge < -0.3 is 9.88 Å². The second-order valence-corrected chi connectivity index (χ2v) is 6.22. The molecule has 1 saturated carbocycles. The molecule has 0 aliphatic heterocycles. The number of aromatic nitrogens is 1. The molecule has 2 atom stereocenters. The van der Waals surface area contributed by atoms with Gasteiger partial charge in [0.15, 0.2) is 0 Å². The van der Waals surface area contributed by atoms with Crippen molar-refractivity contribution in [2.45, 2.75) is 50.9 Å². The minimum atomic E-state index is 0.713. The third-order valence-electron chi connectivity index (χ3n) is 4.19. The molecule has 1 aromatic rings. The summed E-state index contributed by atoms with van der Waals surface area (Å²) >= 11 is 2.02. The maximum atomic E-state index is 3.75. The van der Waals surface area contributed by atoms with Crippen LogP contribution in [0.3, 0.4) is 0 Å². The molecule has 17 heavy (non-hydrogen) atoms. The number of thioether (sulfide) groups is 1. The highest BCUT2D eigenvalue weighted by atomic mass is 32.2. The standard InChI is InChI=1S/C14H24N2S/c1-10-8-12(11(2)16(10)3)9-15-13-6-5-7-14(13)17-4/h8,13-15H,5-7,9H2,1-4H3. The summed E-state index contributed by atoms with van der Waals surface area (Å²) in [6.07, 6.45) is 6.35. The van der Waals surface area contributed by atoms with Crippen LogP contribution >= 0.6 is 11.8 Å². The monoisotopic (exact) mass is 252 g/mol. The summed E-state index contributed by atoms with van der Waals surface area (Å²) in [5.41, 5.74) is 4.21. The highest BCUT2D eigenvalue weighted by Crippen LogP contribution is 2.28. The first-order chi connectivity index (χ1) is 8.13. The predicted molar refractivity (Wildman–Crippen MR) is 76.7 cm³/mol. The van der Waals surface area contributed by atoms with Crippen LogP contribution in [0.2, 0.25) is 0 Å². The lowest BCUT2D eigenvalue weighted by atomic mass is 10.2. The largest absolute Gasteiger partial charge is 0.352 e. The summed E-state index contributed by atoms with van der Waals surface area (Å²) in [6.45, 7) is 5.41. The van der Waals surface area contributed by atoms with Gasteiger partial charge in [-0.05, 0) is 44.6 Å². The van der Waals surface area contributed by atoms with Crippen LogP contribution in [-0.2, 0) is 13.6 Å². The summed E-state index contributed by atoms with van der Waals surface area (Å²) in [6, 6.07) is 3.02. The van der Waals surface area contributed by atoms with Crippen molar-refractivity contribution < 1.29 is 0 Å². The molecule has 2 unspecified atom stereocenters. The van der Waals surface area contributed by atoms with Gasteiger partial charge in [-0.15, -0.1) is 0 Å². The van der Waals surface area contributed by atoms with Gasteiger partial charge >= 0.3 is 0 Å². The second kappa shape index (κ2) is 5.49. The zero-order chi connectivity index (χ0) is 12.4. The van der Waals surface area contributed by atoms with E-state index in [9.17, 15) is 0 Å². The average Bonchev–Trinajstić information content (AvgIpc) is 2.87. The Labute approximate surface area is 109 Å². The Morgan fingerprint density at radius 2 is 2.18 bits per heavy atom. The van der Waals surface area contributed by atoms with E-state index in [2.05, 4.69) is 43.1 Å². The lowest BCUT2D eigenvalue weighted by Gasteiger charge is -2.19. The Hall–Kier alpha value is -0.410. The van der Waals surface area contributed by atoms with E-state index in [-0.39, 0.29) is 0 Å². The van der Waals surface area contributed by atoms with Crippen molar-refractivity contribution in [1.82, 2.24) is 9.88 Å². The van der Waals surface area contributed by atoms with Gasteiger partial charge in [0.2, 0.25) is 0 Å². The molecule has 3 heteroatoms. The molecule has 0 spiro atoms. The van der Waals surface area contributed by atoms with Crippen molar-refractivity contribution in [2.75, 3.05) is 6.26 Å². The smallest absolute Gasteiger partial charge is 0.0226 e. The molecule has 1 aromatic heterocycles. The predicted octanol–water partition coefficient (Wildman–Crippen LogP) is 3.02. The van der Waals surface area contributed by atoms with Gasteiger partial charge in [0, 0.05) is 36.3 Å². The van der Waals surface area contributed by atoms with Crippen molar-refractivity contribution in [2.24, 2.45) is 7.05 Å². The van der Waals surface area contributed by atoms with E-state index in [1.54, 1.807) is 0 Å². The average molecular weight is 252 g/mol. The number of nitrogens with zero attached hydrogens (tertiary/aromatic N) is 1. The molecular weight excluding hydrogens is 228 g/mol. The van der Waals surface area contributed by atoms with Gasteiger partial charge in [0.05, 0.1) is 0 Å². The molecule has 0 saturated heterocycles. The van der Waals surface area contributed by atoms with Crippen LogP contribution in [0, 0.1) is 13.8 Å². The van der Waals surface area contributed by atoms with Crippen LogP contribution in [0.25, 0.3) is 0 Å². The molecule has 96 valence electrons. The molecule has 1 N–H and O–H groups in total. The molecule has 0 radical (unpaired) electrons. The molecule has 0 aromatic carbocycles.